The number of hydrogen-bond donors (Lipinski definition) is 0. The number of allylic oxidation sites excluding steroid dienone is 1. The van der Waals surface area contributed by atoms with Gasteiger partial charge >= 0.3 is 0 Å². The van der Waals surface area contributed by atoms with Crippen LogP contribution in [0.3, 0.4) is 0 Å². The number of hydrogen-bond acceptors (Lipinski definition) is 2. The lowest BCUT2D eigenvalue weighted by molar-refractivity contribution is 0.393. The Hall–Kier alpha value is -0.760. The average molecular weight is 200 g/mol. The van der Waals surface area contributed by atoms with Crippen LogP contribution in [-0.2, 0) is 0 Å². The Bertz CT molecular complexity index is 289. The molecular formula is C10H14ClNO. The van der Waals surface area contributed by atoms with Crippen molar-refractivity contribution in [3.63, 3.8) is 0 Å². The van der Waals surface area contributed by atoms with Gasteiger partial charge in [-0.3, -0.25) is 0 Å². The summed E-state index contributed by atoms with van der Waals surface area (Å²) in [6.45, 7) is 5.93. The van der Waals surface area contributed by atoms with Gasteiger partial charge in [-0.15, -0.1) is 11.6 Å². The Morgan fingerprint density at radius 1 is 1.54 bits per heavy atom. The Balaban J connectivity index is 3.01. The highest BCUT2D eigenvalue weighted by atomic mass is 35.5. The molecule has 0 bridgehead atoms. The lowest BCUT2D eigenvalue weighted by Crippen LogP contribution is -1.84. The highest BCUT2D eigenvalue weighted by Crippen LogP contribution is 2.18. The predicted octanol–water partition coefficient (Wildman–Crippen LogP) is 3.32. The normalized spacial score (nSPS) is 12.2. The highest BCUT2D eigenvalue weighted by Gasteiger charge is 2.06. The van der Waals surface area contributed by atoms with E-state index < -0.39 is 0 Å². The first-order valence-electron chi connectivity index (χ1n) is 4.37. The second-order valence-corrected chi connectivity index (χ2v) is 3.29. The fourth-order valence-corrected chi connectivity index (χ4v) is 1.40. The molecule has 1 aromatic heterocycles. The average Bonchev–Trinajstić information content (AvgIpc) is 2.44. The van der Waals surface area contributed by atoms with Crippen LogP contribution >= 0.6 is 11.6 Å². The molecule has 0 radical (unpaired) electrons. The molecule has 1 heterocycles. The summed E-state index contributed by atoms with van der Waals surface area (Å²) >= 11 is 5.77. The van der Waals surface area contributed by atoms with Gasteiger partial charge in [0.2, 0.25) is 0 Å². The maximum absolute atomic E-state index is 5.77. The van der Waals surface area contributed by atoms with Crippen LogP contribution in [0.25, 0.3) is 6.08 Å². The van der Waals surface area contributed by atoms with Gasteiger partial charge in [0, 0.05) is 11.4 Å². The molecule has 13 heavy (non-hydrogen) atoms. The minimum Gasteiger partial charge on any atom is -0.361 e. The second-order valence-electron chi connectivity index (χ2n) is 3.03. The maximum Gasteiger partial charge on any atom is 0.141 e. The molecule has 2 nitrogen and oxygen atoms in total. The summed E-state index contributed by atoms with van der Waals surface area (Å²) in [4.78, 5) is 0. The summed E-state index contributed by atoms with van der Waals surface area (Å²) in [7, 11) is 0. The zero-order chi connectivity index (χ0) is 9.84. The highest BCUT2D eigenvalue weighted by molar-refractivity contribution is 6.19. The topological polar surface area (TPSA) is 26.0 Å². The first-order valence-corrected chi connectivity index (χ1v) is 4.90. The standard InChI is InChI=1S/C10H14ClNO/c1-4-9(6-11)5-10-7(2)12-13-8(10)3/h5H,4,6H2,1-3H3. The summed E-state index contributed by atoms with van der Waals surface area (Å²) in [6, 6.07) is 0. The van der Waals surface area contributed by atoms with Gasteiger partial charge in [-0.05, 0) is 26.3 Å². The van der Waals surface area contributed by atoms with Crippen molar-refractivity contribution in [2.24, 2.45) is 0 Å². The molecule has 0 saturated heterocycles. The van der Waals surface area contributed by atoms with Crippen molar-refractivity contribution in [1.82, 2.24) is 5.16 Å². The number of nitrogens with zero attached hydrogens (tertiary/aromatic N) is 1. The zero-order valence-electron chi connectivity index (χ0n) is 8.22. The van der Waals surface area contributed by atoms with Crippen molar-refractivity contribution < 1.29 is 4.52 Å². The fourth-order valence-electron chi connectivity index (χ4n) is 1.14. The van der Waals surface area contributed by atoms with Crippen molar-refractivity contribution in [2.45, 2.75) is 27.2 Å². The van der Waals surface area contributed by atoms with Crippen LogP contribution in [0.2, 0.25) is 0 Å². The molecule has 0 fully saturated rings. The first kappa shape index (κ1) is 10.3. The van der Waals surface area contributed by atoms with Crippen LogP contribution in [0.4, 0.5) is 0 Å². The third kappa shape index (κ3) is 2.34. The van der Waals surface area contributed by atoms with Gasteiger partial charge in [0.1, 0.15) is 5.76 Å². The molecule has 0 atom stereocenters. The molecule has 3 heteroatoms. The number of halogens is 1. The van der Waals surface area contributed by atoms with E-state index in [1.165, 1.54) is 5.57 Å². The van der Waals surface area contributed by atoms with Crippen molar-refractivity contribution in [3.05, 3.63) is 22.6 Å². The minimum absolute atomic E-state index is 0.570. The van der Waals surface area contributed by atoms with Crippen LogP contribution in [0.1, 0.15) is 30.4 Å². The van der Waals surface area contributed by atoms with Crippen molar-refractivity contribution in [3.8, 4) is 0 Å². The summed E-state index contributed by atoms with van der Waals surface area (Å²) in [5.74, 6) is 1.43. The third-order valence-corrected chi connectivity index (χ3v) is 2.41. The van der Waals surface area contributed by atoms with Gasteiger partial charge in [0.05, 0.1) is 5.69 Å². The van der Waals surface area contributed by atoms with Crippen molar-refractivity contribution in [1.29, 1.82) is 0 Å². The van der Waals surface area contributed by atoms with Gasteiger partial charge in [0.25, 0.3) is 0 Å². The Morgan fingerprint density at radius 3 is 2.62 bits per heavy atom. The second kappa shape index (κ2) is 4.47. The van der Waals surface area contributed by atoms with Crippen LogP contribution < -0.4 is 0 Å². The summed E-state index contributed by atoms with van der Waals surface area (Å²) in [6.07, 6.45) is 3.03. The Morgan fingerprint density at radius 2 is 2.23 bits per heavy atom. The lowest BCUT2D eigenvalue weighted by atomic mass is 10.1. The lowest BCUT2D eigenvalue weighted by Gasteiger charge is -1.97. The van der Waals surface area contributed by atoms with E-state index in [0.717, 1.165) is 23.4 Å². The molecule has 1 aromatic rings. The van der Waals surface area contributed by atoms with E-state index in [1.807, 2.05) is 13.8 Å². The van der Waals surface area contributed by atoms with Gasteiger partial charge in [0.15, 0.2) is 0 Å². The number of aromatic nitrogens is 1. The molecular weight excluding hydrogens is 186 g/mol. The SMILES string of the molecule is CCC(=Cc1c(C)noc1C)CCl. The maximum atomic E-state index is 5.77. The molecule has 0 aromatic carbocycles. The Labute approximate surface area is 83.6 Å². The summed E-state index contributed by atoms with van der Waals surface area (Å²) in [5.41, 5.74) is 3.20. The van der Waals surface area contributed by atoms with E-state index in [0.29, 0.717) is 5.88 Å². The molecule has 0 amide bonds. The fraction of sp³-hybridized carbons (Fsp3) is 0.500. The van der Waals surface area contributed by atoms with Gasteiger partial charge in [-0.2, -0.15) is 0 Å². The van der Waals surface area contributed by atoms with Crippen molar-refractivity contribution >= 4 is 17.7 Å². The molecule has 0 aliphatic carbocycles. The van der Waals surface area contributed by atoms with Crippen LogP contribution in [0.5, 0.6) is 0 Å². The quantitative estimate of drug-likeness (QED) is 0.698. The molecule has 0 aliphatic rings. The molecule has 0 saturated carbocycles. The summed E-state index contributed by atoms with van der Waals surface area (Å²) in [5, 5.41) is 3.88. The number of alkyl halides is 1. The van der Waals surface area contributed by atoms with E-state index >= 15 is 0 Å². The summed E-state index contributed by atoms with van der Waals surface area (Å²) < 4.78 is 5.05. The molecule has 0 spiro atoms. The molecule has 1 rings (SSSR count). The van der Waals surface area contributed by atoms with Crippen LogP contribution in [0.15, 0.2) is 10.1 Å². The van der Waals surface area contributed by atoms with E-state index in [1.54, 1.807) is 0 Å². The zero-order valence-corrected chi connectivity index (χ0v) is 8.98. The monoisotopic (exact) mass is 199 g/mol. The number of aryl methyl sites for hydroxylation is 2. The molecule has 0 aliphatic heterocycles. The van der Waals surface area contributed by atoms with Crippen molar-refractivity contribution in [2.75, 3.05) is 5.88 Å². The Kier molecular flexibility index (Phi) is 3.55. The van der Waals surface area contributed by atoms with E-state index in [2.05, 4.69) is 18.2 Å². The van der Waals surface area contributed by atoms with E-state index in [4.69, 9.17) is 16.1 Å². The van der Waals surface area contributed by atoms with Crippen LogP contribution in [0, 0.1) is 13.8 Å². The number of rotatable bonds is 3. The van der Waals surface area contributed by atoms with Gasteiger partial charge < -0.3 is 4.52 Å². The first-order chi connectivity index (χ1) is 6.19. The largest absolute Gasteiger partial charge is 0.361 e. The minimum atomic E-state index is 0.570. The smallest absolute Gasteiger partial charge is 0.141 e. The molecule has 0 unspecified atom stereocenters. The molecule has 72 valence electrons. The van der Waals surface area contributed by atoms with E-state index in [9.17, 15) is 0 Å². The van der Waals surface area contributed by atoms with Crippen LogP contribution in [-0.4, -0.2) is 11.0 Å². The third-order valence-electron chi connectivity index (χ3n) is 2.06. The molecule has 0 N–H and O–H groups in total. The van der Waals surface area contributed by atoms with Gasteiger partial charge in [-0.1, -0.05) is 17.7 Å². The van der Waals surface area contributed by atoms with E-state index in [-0.39, 0.29) is 0 Å². The predicted molar refractivity (Wildman–Crippen MR) is 55.0 cm³/mol. The van der Waals surface area contributed by atoms with Gasteiger partial charge in [-0.25, -0.2) is 0 Å².